The first kappa shape index (κ1) is 12.2. The monoisotopic (exact) mass is 224 g/mol. The van der Waals surface area contributed by atoms with Crippen LogP contribution in [0.25, 0.3) is 0 Å². The van der Waals surface area contributed by atoms with Crippen molar-refractivity contribution in [3.8, 4) is 0 Å². The number of aryl methyl sites for hydroxylation is 1. The minimum Gasteiger partial charge on any atom is -0.479 e. The predicted octanol–water partition coefficient (Wildman–Crippen LogP) is 1.18. The summed E-state index contributed by atoms with van der Waals surface area (Å²) < 4.78 is 0. The van der Waals surface area contributed by atoms with E-state index in [4.69, 9.17) is 5.11 Å². The van der Waals surface area contributed by atoms with E-state index in [1.807, 2.05) is 30.3 Å². The van der Waals surface area contributed by atoms with Crippen LogP contribution in [0.2, 0.25) is 0 Å². The fourth-order valence-corrected chi connectivity index (χ4v) is 1.08. The molecule has 1 aromatic carbocycles. The van der Waals surface area contributed by atoms with Crippen molar-refractivity contribution in [3.63, 3.8) is 0 Å². The van der Waals surface area contributed by atoms with Crippen LogP contribution in [0.5, 0.6) is 0 Å². The molecule has 1 aromatic rings. The van der Waals surface area contributed by atoms with Crippen molar-refractivity contribution < 1.29 is 24.5 Å². The summed E-state index contributed by atoms with van der Waals surface area (Å²) in [6.07, 6.45) is 0.694. The Hall–Kier alpha value is -1.88. The van der Waals surface area contributed by atoms with Crippen LogP contribution in [-0.4, -0.2) is 23.7 Å². The van der Waals surface area contributed by atoms with Crippen molar-refractivity contribution in [3.05, 3.63) is 35.9 Å². The van der Waals surface area contributed by atoms with Gasteiger partial charge in [-0.3, -0.25) is 4.89 Å². The van der Waals surface area contributed by atoms with E-state index in [1.54, 1.807) is 0 Å². The summed E-state index contributed by atoms with van der Waals surface area (Å²) in [5.41, 5.74) is 1.01. The van der Waals surface area contributed by atoms with Gasteiger partial charge in [-0.05, 0) is 12.0 Å². The zero-order valence-electron chi connectivity index (χ0n) is 8.59. The summed E-state index contributed by atoms with van der Waals surface area (Å²) in [6, 6.07) is 9.43. The highest BCUT2D eigenvalue weighted by Crippen LogP contribution is 2.03. The quantitative estimate of drug-likeness (QED) is 0.580. The molecule has 5 nitrogen and oxygen atoms in total. The minimum absolute atomic E-state index is 0.156. The Morgan fingerprint density at radius 1 is 1.19 bits per heavy atom. The van der Waals surface area contributed by atoms with Crippen molar-refractivity contribution in [1.29, 1.82) is 0 Å². The zero-order valence-corrected chi connectivity index (χ0v) is 8.59. The summed E-state index contributed by atoms with van der Waals surface area (Å²) in [6.45, 7) is -0.642. The van der Waals surface area contributed by atoms with Crippen molar-refractivity contribution in [2.24, 2.45) is 0 Å². The zero-order chi connectivity index (χ0) is 11.8. The lowest BCUT2D eigenvalue weighted by Crippen LogP contribution is -2.12. The molecule has 0 aromatic heterocycles. The largest absolute Gasteiger partial charge is 0.479 e. The van der Waals surface area contributed by atoms with Gasteiger partial charge >= 0.3 is 11.9 Å². The molecule has 0 radical (unpaired) electrons. The summed E-state index contributed by atoms with van der Waals surface area (Å²) >= 11 is 0. The van der Waals surface area contributed by atoms with Gasteiger partial charge in [0.25, 0.3) is 0 Å². The number of rotatable bonds is 6. The molecule has 0 amide bonds. The second kappa shape index (κ2) is 6.58. The van der Waals surface area contributed by atoms with Crippen LogP contribution in [0, 0.1) is 0 Å². The van der Waals surface area contributed by atoms with Gasteiger partial charge < -0.3 is 5.11 Å². The molecule has 0 aliphatic rings. The van der Waals surface area contributed by atoms with Crippen LogP contribution in [0.1, 0.15) is 12.0 Å². The molecule has 0 saturated heterocycles. The Kier molecular flexibility index (Phi) is 5.01. The Morgan fingerprint density at radius 2 is 1.88 bits per heavy atom. The first-order valence-electron chi connectivity index (χ1n) is 4.76. The normalized spacial score (nSPS) is 9.75. The van der Waals surface area contributed by atoms with E-state index in [-0.39, 0.29) is 6.42 Å². The van der Waals surface area contributed by atoms with E-state index >= 15 is 0 Å². The van der Waals surface area contributed by atoms with Crippen LogP contribution < -0.4 is 0 Å². The van der Waals surface area contributed by atoms with Crippen LogP contribution in [-0.2, 0) is 25.8 Å². The molecule has 1 rings (SSSR count). The third-order valence-electron chi connectivity index (χ3n) is 1.79. The second-order valence-electron chi connectivity index (χ2n) is 3.10. The summed E-state index contributed by atoms with van der Waals surface area (Å²) in [5, 5.41) is 8.22. The molecule has 0 aliphatic carbocycles. The average Bonchev–Trinajstić information content (AvgIpc) is 2.27. The van der Waals surface area contributed by atoms with Gasteiger partial charge in [0.2, 0.25) is 0 Å². The first-order chi connectivity index (χ1) is 7.68. The molecular weight excluding hydrogens is 212 g/mol. The maximum atomic E-state index is 11.1. The summed E-state index contributed by atoms with van der Waals surface area (Å²) in [7, 11) is 0. The van der Waals surface area contributed by atoms with Crippen molar-refractivity contribution >= 4 is 11.9 Å². The van der Waals surface area contributed by atoms with Gasteiger partial charge in [-0.15, -0.1) is 0 Å². The number of aliphatic carboxylic acids is 1. The van der Waals surface area contributed by atoms with Gasteiger partial charge in [-0.1, -0.05) is 30.3 Å². The van der Waals surface area contributed by atoms with Gasteiger partial charge in [0.1, 0.15) is 0 Å². The summed E-state index contributed by atoms with van der Waals surface area (Å²) in [4.78, 5) is 29.6. The molecule has 0 heterocycles. The molecule has 0 bridgehead atoms. The molecule has 0 spiro atoms. The van der Waals surface area contributed by atoms with Crippen molar-refractivity contribution in [2.45, 2.75) is 12.8 Å². The average molecular weight is 224 g/mol. The molecule has 0 unspecified atom stereocenters. The van der Waals surface area contributed by atoms with Crippen LogP contribution in [0.4, 0.5) is 0 Å². The van der Waals surface area contributed by atoms with E-state index in [9.17, 15) is 9.59 Å². The van der Waals surface area contributed by atoms with Gasteiger partial charge in [0.05, 0.1) is 6.42 Å². The first-order valence-corrected chi connectivity index (χ1v) is 4.76. The number of hydrogen-bond acceptors (Lipinski definition) is 4. The highest BCUT2D eigenvalue weighted by molar-refractivity contribution is 5.70. The standard InChI is InChI=1S/C11H12O5/c12-10(13)8-15-16-11(14)7-6-9-4-2-1-3-5-9/h1-5H,6-8H2,(H,12,13). The maximum Gasteiger partial charge on any atom is 0.342 e. The molecule has 0 atom stereocenters. The molecule has 16 heavy (non-hydrogen) atoms. The minimum atomic E-state index is -1.18. The molecule has 1 N–H and O–H groups in total. The summed E-state index contributed by atoms with van der Waals surface area (Å²) in [5.74, 6) is -1.76. The molecule has 0 fully saturated rings. The lowest BCUT2D eigenvalue weighted by Gasteiger charge is -2.01. The number of carbonyl (C=O) groups excluding carboxylic acids is 1. The van der Waals surface area contributed by atoms with E-state index < -0.39 is 18.5 Å². The lowest BCUT2D eigenvalue weighted by molar-refractivity contribution is -0.270. The highest BCUT2D eigenvalue weighted by Gasteiger charge is 2.06. The molecular formula is C11H12O5. The van der Waals surface area contributed by atoms with Crippen molar-refractivity contribution in [2.75, 3.05) is 6.61 Å². The number of carboxylic acid groups (broad SMARTS) is 1. The molecule has 86 valence electrons. The number of hydrogen-bond donors (Lipinski definition) is 1. The van der Waals surface area contributed by atoms with Crippen molar-refractivity contribution in [1.82, 2.24) is 0 Å². The number of benzene rings is 1. The molecule has 5 heteroatoms. The van der Waals surface area contributed by atoms with E-state index in [0.29, 0.717) is 6.42 Å². The van der Waals surface area contributed by atoms with Gasteiger partial charge in [-0.2, -0.15) is 4.89 Å². The third kappa shape index (κ3) is 5.11. The smallest absolute Gasteiger partial charge is 0.342 e. The Bertz CT molecular complexity index is 347. The van der Waals surface area contributed by atoms with Crippen LogP contribution in [0.15, 0.2) is 30.3 Å². The Labute approximate surface area is 92.5 Å². The fourth-order valence-electron chi connectivity index (χ4n) is 1.08. The predicted molar refractivity (Wildman–Crippen MR) is 54.4 cm³/mol. The lowest BCUT2D eigenvalue weighted by atomic mass is 10.1. The SMILES string of the molecule is O=C(O)COOC(=O)CCc1ccccc1. The fraction of sp³-hybridized carbons (Fsp3) is 0.273. The molecule has 0 saturated carbocycles. The van der Waals surface area contributed by atoms with Gasteiger partial charge in [-0.25, -0.2) is 9.59 Å². The third-order valence-corrected chi connectivity index (χ3v) is 1.79. The second-order valence-corrected chi connectivity index (χ2v) is 3.10. The van der Waals surface area contributed by atoms with Crippen LogP contribution in [0.3, 0.4) is 0 Å². The van der Waals surface area contributed by atoms with E-state index in [1.165, 1.54) is 0 Å². The molecule has 0 aliphatic heterocycles. The number of carbonyl (C=O) groups is 2. The highest BCUT2D eigenvalue weighted by atomic mass is 17.2. The Morgan fingerprint density at radius 3 is 2.50 bits per heavy atom. The Balaban J connectivity index is 2.18. The number of carboxylic acids is 1. The maximum absolute atomic E-state index is 11.1. The van der Waals surface area contributed by atoms with E-state index in [0.717, 1.165) is 5.56 Å². The van der Waals surface area contributed by atoms with Crippen LogP contribution >= 0.6 is 0 Å². The van der Waals surface area contributed by atoms with E-state index in [2.05, 4.69) is 9.78 Å². The van der Waals surface area contributed by atoms with Gasteiger partial charge in [0, 0.05) is 0 Å². The topological polar surface area (TPSA) is 72.8 Å². The van der Waals surface area contributed by atoms with Gasteiger partial charge in [0.15, 0.2) is 6.61 Å².